The summed E-state index contributed by atoms with van der Waals surface area (Å²) in [6.07, 6.45) is 1.80. The molecule has 3 rings (SSSR count). The van der Waals surface area contributed by atoms with Crippen LogP contribution in [0.5, 0.6) is 0 Å². The fourth-order valence-corrected chi connectivity index (χ4v) is 2.71. The number of aromatic amines is 1. The van der Waals surface area contributed by atoms with Gasteiger partial charge in [-0.05, 0) is 30.2 Å². The van der Waals surface area contributed by atoms with Gasteiger partial charge in [0.15, 0.2) is 0 Å². The second kappa shape index (κ2) is 7.14. The van der Waals surface area contributed by atoms with Gasteiger partial charge in [0.1, 0.15) is 0 Å². The Balaban J connectivity index is 1.78. The Bertz CT molecular complexity index is 857. The number of aliphatic hydroxyl groups is 1. The van der Waals surface area contributed by atoms with Crippen LogP contribution in [-0.4, -0.2) is 34.4 Å². The summed E-state index contributed by atoms with van der Waals surface area (Å²) >= 11 is 0. The predicted molar refractivity (Wildman–Crippen MR) is 94.0 cm³/mol. The zero-order chi connectivity index (χ0) is 16.9. The average Bonchev–Trinajstić information content (AvgIpc) is 3.08. The number of para-hydroxylation sites is 1. The molecular weight excluding hydrogens is 304 g/mol. The highest BCUT2D eigenvalue weighted by atomic mass is 16.3. The van der Waals surface area contributed by atoms with Gasteiger partial charge in [-0.2, -0.15) is 5.10 Å². The number of anilines is 1. The Morgan fingerprint density at radius 2 is 2.08 bits per heavy atom. The lowest BCUT2D eigenvalue weighted by Gasteiger charge is -2.13. The zero-order valence-corrected chi connectivity index (χ0v) is 13.5. The van der Waals surface area contributed by atoms with Crippen LogP contribution in [0.3, 0.4) is 0 Å². The maximum Gasteiger partial charge on any atom is 0.251 e. The van der Waals surface area contributed by atoms with Crippen molar-refractivity contribution < 1.29 is 9.90 Å². The van der Waals surface area contributed by atoms with Crippen LogP contribution in [0.1, 0.15) is 21.5 Å². The number of rotatable bonds is 6. The fourth-order valence-electron chi connectivity index (χ4n) is 2.71. The Morgan fingerprint density at radius 3 is 2.92 bits per heavy atom. The average molecular weight is 324 g/mol. The molecule has 4 N–H and O–H groups in total. The van der Waals surface area contributed by atoms with Crippen molar-refractivity contribution in [1.29, 1.82) is 0 Å². The van der Waals surface area contributed by atoms with E-state index in [0.29, 0.717) is 12.1 Å². The molecule has 0 aliphatic rings. The summed E-state index contributed by atoms with van der Waals surface area (Å²) in [5.41, 5.74) is 4.51. The van der Waals surface area contributed by atoms with Gasteiger partial charge in [-0.1, -0.05) is 24.3 Å². The maximum absolute atomic E-state index is 12.1. The molecule has 0 saturated heterocycles. The lowest BCUT2D eigenvalue weighted by Crippen LogP contribution is -2.27. The van der Waals surface area contributed by atoms with Gasteiger partial charge >= 0.3 is 0 Å². The van der Waals surface area contributed by atoms with Gasteiger partial charge < -0.3 is 15.7 Å². The maximum atomic E-state index is 12.1. The summed E-state index contributed by atoms with van der Waals surface area (Å²) in [4.78, 5) is 12.1. The van der Waals surface area contributed by atoms with Crippen molar-refractivity contribution in [3.8, 4) is 0 Å². The van der Waals surface area contributed by atoms with Gasteiger partial charge in [0.05, 0.1) is 18.3 Å². The van der Waals surface area contributed by atoms with Crippen LogP contribution in [-0.2, 0) is 6.54 Å². The largest absolute Gasteiger partial charge is 0.395 e. The number of H-pyrrole nitrogens is 1. The fraction of sp³-hybridized carbons (Fsp3) is 0.222. The SMILES string of the molecule is Cc1c(NCc2cccc3cn[nH]c23)cccc1C(=O)NCCO. The number of carbonyl (C=O) groups is 1. The smallest absolute Gasteiger partial charge is 0.251 e. The van der Waals surface area contributed by atoms with E-state index in [1.54, 1.807) is 12.3 Å². The predicted octanol–water partition coefficient (Wildman–Crippen LogP) is 2.21. The summed E-state index contributed by atoms with van der Waals surface area (Å²) in [5.74, 6) is -0.180. The van der Waals surface area contributed by atoms with E-state index in [1.165, 1.54) is 0 Å². The van der Waals surface area contributed by atoms with Crippen LogP contribution in [0, 0.1) is 6.92 Å². The molecule has 6 heteroatoms. The number of nitrogens with one attached hydrogen (secondary N) is 3. The number of fused-ring (bicyclic) bond motifs is 1. The molecule has 1 heterocycles. The first-order chi connectivity index (χ1) is 11.7. The molecule has 1 aromatic heterocycles. The van der Waals surface area contributed by atoms with E-state index in [0.717, 1.165) is 27.7 Å². The number of nitrogens with zero attached hydrogens (tertiary/aromatic N) is 1. The van der Waals surface area contributed by atoms with Crippen molar-refractivity contribution in [2.24, 2.45) is 0 Å². The van der Waals surface area contributed by atoms with Crippen LogP contribution in [0.25, 0.3) is 10.9 Å². The van der Waals surface area contributed by atoms with E-state index < -0.39 is 0 Å². The summed E-state index contributed by atoms with van der Waals surface area (Å²) in [5, 5.41) is 23.1. The van der Waals surface area contributed by atoms with Gasteiger partial charge in [-0.15, -0.1) is 0 Å². The molecule has 0 atom stereocenters. The molecule has 6 nitrogen and oxygen atoms in total. The first-order valence-electron chi connectivity index (χ1n) is 7.84. The third-order valence-electron chi connectivity index (χ3n) is 4.01. The van der Waals surface area contributed by atoms with E-state index in [2.05, 4.69) is 20.8 Å². The third-order valence-corrected chi connectivity index (χ3v) is 4.01. The number of benzene rings is 2. The second-order valence-electron chi connectivity index (χ2n) is 5.56. The van der Waals surface area contributed by atoms with Crippen LogP contribution in [0.2, 0.25) is 0 Å². The molecule has 1 amide bonds. The van der Waals surface area contributed by atoms with Crippen LogP contribution < -0.4 is 10.6 Å². The van der Waals surface area contributed by atoms with Crippen molar-refractivity contribution in [2.45, 2.75) is 13.5 Å². The Morgan fingerprint density at radius 1 is 1.25 bits per heavy atom. The molecule has 0 radical (unpaired) electrons. The van der Waals surface area contributed by atoms with Gasteiger partial charge in [0, 0.05) is 29.7 Å². The van der Waals surface area contributed by atoms with E-state index in [-0.39, 0.29) is 19.1 Å². The van der Waals surface area contributed by atoms with Gasteiger partial charge in [0.25, 0.3) is 5.91 Å². The lowest BCUT2D eigenvalue weighted by molar-refractivity contribution is 0.0944. The highest BCUT2D eigenvalue weighted by Gasteiger charge is 2.11. The number of aromatic nitrogens is 2. The van der Waals surface area contributed by atoms with Gasteiger partial charge in [-0.25, -0.2) is 0 Å². The lowest BCUT2D eigenvalue weighted by atomic mass is 10.1. The molecule has 2 aromatic carbocycles. The van der Waals surface area contributed by atoms with Crippen molar-refractivity contribution in [3.05, 3.63) is 59.3 Å². The van der Waals surface area contributed by atoms with Crippen molar-refractivity contribution in [3.63, 3.8) is 0 Å². The molecule has 0 bridgehead atoms. The quantitative estimate of drug-likeness (QED) is 0.559. The summed E-state index contributed by atoms with van der Waals surface area (Å²) in [6, 6.07) is 11.6. The molecular formula is C18H20N4O2. The number of hydrogen-bond acceptors (Lipinski definition) is 4. The summed E-state index contributed by atoms with van der Waals surface area (Å²) in [7, 11) is 0. The molecule has 0 fully saturated rings. The number of aliphatic hydroxyl groups excluding tert-OH is 1. The molecule has 0 unspecified atom stereocenters. The molecule has 124 valence electrons. The highest BCUT2D eigenvalue weighted by molar-refractivity contribution is 5.97. The van der Waals surface area contributed by atoms with Crippen molar-refractivity contribution >= 4 is 22.5 Å². The Labute approximate surface area is 139 Å². The first-order valence-corrected chi connectivity index (χ1v) is 7.84. The summed E-state index contributed by atoms with van der Waals surface area (Å²) in [6.45, 7) is 2.71. The van der Waals surface area contributed by atoms with E-state index >= 15 is 0 Å². The van der Waals surface area contributed by atoms with Crippen molar-refractivity contribution in [2.75, 3.05) is 18.5 Å². The number of carbonyl (C=O) groups excluding carboxylic acids is 1. The topological polar surface area (TPSA) is 90.0 Å². The molecule has 0 spiro atoms. The number of hydrogen-bond donors (Lipinski definition) is 4. The molecule has 0 aliphatic heterocycles. The van der Waals surface area contributed by atoms with E-state index in [4.69, 9.17) is 5.11 Å². The van der Waals surface area contributed by atoms with Crippen LogP contribution >= 0.6 is 0 Å². The molecule has 24 heavy (non-hydrogen) atoms. The van der Waals surface area contributed by atoms with Crippen LogP contribution in [0.15, 0.2) is 42.6 Å². The van der Waals surface area contributed by atoms with E-state index in [9.17, 15) is 4.79 Å². The third kappa shape index (κ3) is 3.23. The first kappa shape index (κ1) is 16.0. The minimum absolute atomic E-state index is 0.0725. The van der Waals surface area contributed by atoms with Crippen LogP contribution in [0.4, 0.5) is 5.69 Å². The summed E-state index contributed by atoms with van der Waals surface area (Å²) < 4.78 is 0. The monoisotopic (exact) mass is 324 g/mol. The van der Waals surface area contributed by atoms with Gasteiger partial charge in [0.2, 0.25) is 0 Å². The highest BCUT2D eigenvalue weighted by Crippen LogP contribution is 2.21. The zero-order valence-electron chi connectivity index (χ0n) is 13.5. The molecule has 3 aromatic rings. The Kier molecular flexibility index (Phi) is 4.77. The molecule has 0 saturated carbocycles. The minimum Gasteiger partial charge on any atom is -0.395 e. The molecule has 0 aliphatic carbocycles. The standard InChI is InChI=1S/C18H20N4O2/c1-12-15(18(24)19-8-9-23)6-3-7-16(12)20-10-13-4-2-5-14-11-21-22-17(13)14/h2-7,11,20,23H,8-10H2,1H3,(H,19,24)(H,21,22). The van der Waals surface area contributed by atoms with E-state index in [1.807, 2.05) is 37.3 Å². The normalized spacial score (nSPS) is 10.8. The number of amides is 1. The van der Waals surface area contributed by atoms with Gasteiger partial charge in [-0.3, -0.25) is 9.89 Å². The Hall–Kier alpha value is -2.86. The van der Waals surface area contributed by atoms with Crippen molar-refractivity contribution in [1.82, 2.24) is 15.5 Å². The second-order valence-corrected chi connectivity index (χ2v) is 5.56. The minimum atomic E-state index is -0.180.